The quantitative estimate of drug-likeness (QED) is 0.853. The Morgan fingerprint density at radius 3 is 2.61 bits per heavy atom. The molecule has 1 heterocycles. The number of rotatable bonds is 3. The molecule has 0 saturated heterocycles. The monoisotopic (exact) mass is 252 g/mol. The summed E-state index contributed by atoms with van der Waals surface area (Å²) in [5, 5.41) is 0. The van der Waals surface area contributed by atoms with Crippen LogP contribution in [-0.4, -0.2) is 7.05 Å². The molecule has 0 radical (unpaired) electrons. The molecule has 0 aliphatic heterocycles. The normalized spacial score (nSPS) is 10.7. The Bertz CT molecular complexity index is 566. The van der Waals surface area contributed by atoms with E-state index in [4.69, 9.17) is 10.2 Å². The van der Waals surface area contributed by atoms with Crippen LogP contribution in [-0.2, 0) is 6.54 Å². The summed E-state index contributed by atoms with van der Waals surface area (Å²) in [6.07, 6.45) is 0. The summed E-state index contributed by atoms with van der Waals surface area (Å²) in [6, 6.07) is 5.62. The Hall–Kier alpha value is -2.04. The van der Waals surface area contributed by atoms with Crippen LogP contribution in [0.5, 0.6) is 0 Å². The standard InChI is InChI=1S/C13H14F2N2O/c1-8-3-4-10(18-8)7-17(2)12-6-9(14)5-11(15)13(12)16/h3-6H,7,16H2,1-2H3. The fraction of sp³-hybridized carbons (Fsp3) is 0.231. The molecule has 0 amide bonds. The lowest BCUT2D eigenvalue weighted by Gasteiger charge is -2.20. The van der Waals surface area contributed by atoms with E-state index in [-0.39, 0.29) is 5.69 Å². The number of halogens is 2. The van der Waals surface area contributed by atoms with Crippen LogP contribution < -0.4 is 10.6 Å². The highest BCUT2D eigenvalue weighted by atomic mass is 19.1. The van der Waals surface area contributed by atoms with Gasteiger partial charge in [-0.15, -0.1) is 0 Å². The maximum atomic E-state index is 13.3. The zero-order chi connectivity index (χ0) is 13.3. The topological polar surface area (TPSA) is 42.4 Å². The minimum absolute atomic E-state index is 0.0674. The lowest BCUT2D eigenvalue weighted by atomic mass is 10.2. The SMILES string of the molecule is Cc1ccc(CN(C)c2cc(F)cc(F)c2N)o1. The lowest BCUT2D eigenvalue weighted by Crippen LogP contribution is -2.18. The Kier molecular flexibility index (Phi) is 3.23. The fourth-order valence-corrected chi connectivity index (χ4v) is 1.78. The molecule has 2 N–H and O–H groups in total. The van der Waals surface area contributed by atoms with Crippen LogP contribution in [0.15, 0.2) is 28.7 Å². The van der Waals surface area contributed by atoms with Crippen LogP contribution in [0.25, 0.3) is 0 Å². The molecular formula is C13H14F2N2O. The Morgan fingerprint density at radius 2 is 2.00 bits per heavy atom. The van der Waals surface area contributed by atoms with Crippen molar-refractivity contribution in [1.29, 1.82) is 0 Å². The van der Waals surface area contributed by atoms with Gasteiger partial charge in [-0.05, 0) is 25.1 Å². The molecule has 0 bridgehead atoms. The van der Waals surface area contributed by atoms with Gasteiger partial charge in [0.25, 0.3) is 0 Å². The number of nitrogens with two attached hydrogens (primary N) is 1. The van der Waals surface area contributed by atoms with Crippen molar-refractivity contribution in [2.75, 3.05) is 17.7 Å². The van der Waals surface area contributed by atoms with E-state index in [9.17, 15) is 8.78 Å². The molecule has 0 spiro atoms. The van der Waals surface area contributed by atoms with E-state index in [0.29, 0.717) is 18.0 Å². The molecule has 0 aliphatic carbocycles. The van der Waals surface area contributed by atoms with Crippen LogP contribution in [0, 0.1) is 18.6 Å². The van der Waals surface area contributed by atoms with E-state index >= 15 is 0 Å². The zero-order valence-corrected chi connectivity index (χ0v) is 10.2. The van der Waals surface area contributed by atoms with Crippen molar-refractivity contribution >= 4 is 11.4 Å². The minimum atomic E-state index is -0.757. The summed E-state index contributed by atoms with van der Waals surface area (Å²) >= 11 is 0. The zero-order valence-electron chi connectivity index (χ0n) is 10.2. The van der Waals surface area contributed by atoms with E-state index in [2.05, 4.69) is 0 Å². The second-order valence-electron chi connectivity index (χ2n) is 4.19. The highest BCUT2D eigenvalue weighted by Crippen LogP contribution is 2.27. The second kappa shape index (κ2) is 4.68. The summed E-state index contributed by atoms with van der Waals surface area (Å²) in [5.74, 6) is 0.0857. The summed E-state index contributed by atoms with van der Waals surface area (Å²) in [5.41, 5.74) is 5.84. The number of hydrogen-bond donors (Lipinski definition) is 1. The van der Waals surface area contributed by atoms with Crippen LogP contribution in [0.4, 0.5) is 20.2 Å². The Balaban J connectivity index is 2.26. The average molecular weight is 252 g/mol. The first kappa shape index (κ1) is 12.4. The number of aryl methyl sites for hydroxylation is 1. The molecule has 3 nitrogen and oxygen atoms in total. The number of anilines is 2. The number of nitrogens with zero attached hydrogens (tertiary/aromatic N) is 1. The number of hydrogen-bond acceptors (Lipinski definition) is 3. The fourth-order valence-electron chi connectivity index (χ4n) is 1.78. The van der Waals surface area contributed by atoms with Crippen LogP contribution in [0.3, 0.4) is 0 Å². The van der Waals surface area contributed by atoms with E-state index < -0.39 is 11.6 Å². The van der Waals surface area contributed by atoms with Gasteiger partial charge in [0.05, 0.1) is 17.9 Å². The minimum Gasteiger partial charge on any atom is -0.464 e. The first-order valence-corrected chi connectivity index (χ1v) is 5.48. The molecule has 96 valence electrons. The molecule has 5 heteroatoms. The molecule has 0 aliphatic rings. The number of nitrogen functional groups attached to an aromatic ring is 1. The predicted octanol–water partition coefficient (Wildman–Crippen LogP) is 3.08. The van der Waals surface area contributed by atoms with Gasteiger partial charge < -0.3 is 15.1 Å². The van der Waals surface area contributed by atoms with Gasteiger partial charge in [0, 0.05) is 13.1 Å². The van der Waals surface area contributed by atoms with Crippen molar-refractivity contribution in [3.63, 3.8) is 0 Å². The number of furan rings is 1. The molecule has 2 aromatic rings. The predicted molar refractivity (Wildman–Crippen MR) is 66.3 cm³/mol. The van der Waals surface area contributed by atoms with Gasteiger partial charge in [0.15, 0.2) is 5.82 Å². The lowest BCUT2D eigenvalue weighted by molar-refractivity contribution is 0.481. The molecule has 18 heavy (non-hydrogen) atoms. The van der Waals surface area contributed by atoms with E-state index in [1.165, 1.54) is 6.07 Å². The van der Waals surface area contributed by atoms with Gasteiger partial charge in [0.2, 0.25) is 0 Å². The van der Waals surface area contributed by atoms with Gasteiger partial charge in [-0.2, -0.15) is 0 Å². The van der Waals surface area contributed by atoms with E-state index in [1.54, 1.807) is 11.9 Å². The first-order valence-electron chi connectivity index (χ1n) is 5.48. The Labute approximate surface area is 104 Å². The molecule has 0 saturated carbocycles. The van der Waals surface area contributed by atoms with E-state index in [1.807, 2.05) is 19.1 Å². The second-order valence-corrected chi connectivity index (χ2v) is 4.19. The molecule has 1 aromatic heterocycles. The van der Waals surface area contributed by atoms with Gasteiger partial charge in [-0.25, -0.2) is 8.78 Å². The van der Waals surface area contributed by atoms with Crippen LogP contribution in [0.1, 0.15) is 11.5 Å². The summed E-state index contributed by atoms with van der Waals surface area (Å²) in [4.78, 5) is 1.64. The molecule has 0 fully saturated rings. The molecule has 0 unspecified atom stereocenters. The molecule has 2 rings (SSSR count). The number of benzene rings is 1. The maximum absolute atomic E-state index is 13.3. The highest BCUT2D eigenvalue weighted by Gasteiger charge is 2.13. The highest BCUT2D eigenvalue weighted by molar-refractivity contribution is 5.67. The van der Waals surface area contributed by atoms with Gasteiger partial charge in [-0.1, -0.05) is 0 Å². The van der Waals surface area contributed by atoms with Crippen LogP contribution >= 0.6 is 0 Å². The van der Waals surface area contributed by atoms with Crippen molar-refractivity contribution in [3.05, 3.63) is 47.4 Å². The molecular weight excluding hydrogens is 238 g/mol. The van der Waals surface area contributed by atoms with Gasteiger partial charge in [-0.3, -0.25) is 0 Å². The average Bonchev–Trinajstić information content (AvgIpc) is 2.69. The van der Waals surface area contributed by atoms with Crippen molar-refractivity contribution < 1.29 is 13.2 Å². The third-order valence-electron chi connectivity index (χ3n) is 2.67. The summed E-state index contributed by atoms with van der Waals surface area (Å²) in [7, 11) is 1.70. The molecule has 0 atom stereocenters. The van der Waals surface area contributed by atoms with Crippen molar-refractivity contribution in [1.82, 2.24) is 0 Å². The van der Waals surface area contributed by atoms with Crippen molar-refractivity contribution in [2.24, 2.45) is 0 Å². The third-order valence-corrected chi connectivity index (χ3v) is 2.67. The van der Waals surface area contributed by atoms with Crippen molar-refractivity contribution in [2.45, 2.75) is 13.5 Å². The summed E-state index contributed by atoms with van der Waals surface area (Å²) in [6.45, 7) is 2.22. The smallest absolute Gasteiger partial charge is 0.151 e. The Morgan fingerprint density at radius 1 is 1.28 bits per heavy atom. The first-order chi connectivity index (χ1) is 8.47. The van der Waals surface area contributed by atoms with Gasteiger partial charge in [0.1, 0.15) is 17.3 Å². The van der Waals surface area contributed by atoms with Crippen molar-refractivity contribution in [3.8, 4) is 0 Å². The largest absolute Gasteiger partial charge is 0.464 e. The van der Waals surface area contributed by atoms with Crippen LogP contribution in [0.2, 0.25) is 0 Å². The summed E-state index contributed by atoms with van der Waals surface area (Å²) < 4.78 is 31.9. The molecule has 1 aromatic carbocycles. The maximum Gasteiger partial charge on any atom is 0.151 e. The van der Waals surface area contributed by atoms with Gasteiger partial charge >= 0.3 is 0 Å². The third kappa shape index (κ3) is 2.45. The van der Waals surface area contributed by atoms with E-state index in [0.717, 1.165) is 11.8 Å².